The van der Waals surface area contributed by atoms with Crippen LogP contribution in [0.5, 0.6) is 0 Å². The molecule has 5 nitrogen and oxygen atoms in total. The second-order valence-electron chi connectivity index (χ2n) is 5.31. The van der Waals surface area contributed by atoms with E-state index in [2.05, 4.69) is 10.3 Å². The van der Waals surface area contributed by atoms with E-state index >= 15 is 0 Å². The lowest BCUT2D eigenvalue weighted by Crippen LogP contribution is -2.50. The number of hydrazine groups is 1. The molecule has 0 aliphatic carbocycles. The third kappa shape index (κ3) is 4.26. The molecule has 1 saturated heterocycles. The minimum Gasteiger partial charge on any atom is -0.377 e. The predicted molar refractivity (Wildman–Crippen MR) is 67.2 cm³/mol. The quantitative estimate of drug-likeness (QED) is 0.419. The minimum atomic E-state index is -0.456. The van der Waals surface area contributed by atoms with Gasteiger partial charge in [0.25, 0.3) is 0 Å². The number of rotatable bonds is 5. The van der Waals surface area contributed by atoms with Crippen LogP contribution in [0.3, 0.4) is 0 Å². The molecular formula is C12H25N3O2. The largest absolute Gasteiger partial charge is 0.377 e. The number of nitrogens with two attached hydrogens (primary N) is 1. The van der Waals surface area contributed by atoms with Crippen molar-refractivity contribution in [1.29, 1.82) is 0 Å². The fraction of sp³-hybridized carbons (Fsp3) is 0.917. The summed E-state index contributed by atoms with van der Waals surface area (Å²) in [5, 5.41) is 0. The third-order valence-electron chi connectivity index (χ3n) is 3.23. The van der Waals surface area contributed by atoms with Gasteiger partial charge in [0, 0.05) is 19.7 Å². The Hall–Kier alpha value is -0.650. The van der Waals surface area contributed by atoms with Crippen LogP contribution in [0.2, 0.25) is 0 Å². The van der Waals surface area contributed by atoms with Gasteiger partial charge >= 0.3 is 0 Å². The van der Waals surface area contributed by atoms with Gasteiger partial charge in [0.05, 0.1) is 11.5 Å². The monoisotopic (exact) mass is 243 g/mol. The Labute approximate surface area is 104 Å². The van der Waals surface area contributed by atoms with Crippen molar-refractivity contribution < 1.29 is 9.53 Å². The van der Waals surface area contributed by atoms with Crippen molar-refractivity contribution >= 4 is 5.91 Å². The topological polar surface area (TPSA) is 67.6 Å². The first-order valence-corrected chi connectivity index (χ1v) is 6.34. The second kappa shape index (κ2) is 6.33. The summed E-state index contributed by atoms with van der Waals surface area (Å²) in [5.41, 5.74) is 1.78. The average molecular weight is 243 g/mol. The van der Waals surface area contributed by atoms with E-state index in [1.165, 1.54) is 0 Å². The van der Waals surface area contributed by atoms with Crippen LogP contribution in [-0.4, -0.2) is 43.2 Å². The van der Waals surface area contributed by atoms with Crippen LogP contribution in [0.4, 0.5) is 0 Å². The molecule has 1 amide bonds. The minimum absolute atomic E-state index is 0.115. The maximum atomic E-state index is 11.6. The Bertz CT molecular complexity index is 254. The van der Waals surface area contributed by atoms with E-state index in [0.717, 1.165) is 39.1 Å². The van der Waals surface area contributed by atoms with Gasteiger partial charge in [0.1, 0.15) is 0 Å². The Kier molecular flexibility index (Phi) is 5.36. The first-order chi connectivity index (χ1) is 7.99. The van der Waals surface area contributed by atoms with Crippen molar-refractivity contribution in [1.82, 2.24) is 10.3 Å². The van der Waals surface area contributed by atoms with Gasteiger partial charge in [0.15, 0.2) is 0 Å². The van der Waals surface area contributed by atoms with Gasteiger partial charge in [-0.2, -0.15) is 0 Å². The van der Waals surface area contributed by atoms with E-state index in [1.807, 2.05) is 20.8 Å². The summed E-state index contributed by atoms with van der Waals surface area (Å²) in [7, 11) is 0. The fourth-order valence-corrected chi connectivity index (χ4v) is 2.35. The first-order valence-electron chi connectivity index (χ1n) is 6.34. The van der Waals surface area contributed by atoms with Gasteiger partial charge < -0.3 is 4.74 Å². The molecule has 1 unspecified atom stereocenters. The van der Waals surface area contributed by atoms with Gasteiger partial charge in [-0.15, -0.1) is 0 Å². The van der Waals surface area contributed by atoms with E-state index in [0.29, 0.717) is 6.10 Å². The number of amides is 1. The van der Waals surface area contributed by atoms with Crippen molar-refractivity contribution in [3.63, 3.8) is 0 Å². The molecule has 0 aromatic carbocycles. The fourth-order valence-electron chi connectivity index (χ4n) is 2.35. The molecule has 0 radical (unpaired) electrons. The number of likely N-dealkylation sites (tertiary alicyclic amines) is 1. The highest BCUT2D eigenvalue weighted by Gasteiger charge is 2.31. The number of nitrogens with one attached hydrogen (secondary N) is 1. The smallest absolute Gasteiger partial charge is 0.240 e. The Balaban J connectivity index is 2.47. The Morgan fingerprint density at radius 3 is 2.88 bits per heavy atom. The molecule has 100 valence electrons. The van der Waals surface area contributed by atoms with Crippen LogP contribution >= 0.6 is 0 Å². The van der Waals surface area contributed by atoms with Crippen LogP contribution in [0.15, 0.2) is 0 Å². The van der Waals surface area contributed by atoms with Crippen molar-refractivity contribution in [2.24, 2.45) is 11.3 Å². The zero-order valence-electron chi connectivity index (χ0n) is 11.2. The Morgan fingerprint density at radius 2 is 2.29 bits per heavy atom. The molecule has 0 spiro atoms. The standard InChI is InChI=1S/C12H25N3O2/c1-4-17-10-6-5-7-15(8-10)9-12(2,3)11(16)14-13/h10H,4-9,13H2,1-3H3,(H,14,16). The number of carbonyl (C=O) groups excluding carboxylic acids is 1. The lowest BCUT2D eigenvalue weighted by atomic mass is 9.91. The maximum Gasteiger partial charge on any atom is 0.240 e. The molecular weight excluding hydrogens is 218 g/mol. The van der Waals surface area contributed by atoms with E-state index < -0.39 is 5.41 Å². The van der Waals surface area contributed by atoms with Crippen molar-refractivity contribution in [2.45, 2.75) is 39.7 Å². The van der Waals surface area contributed by atoms with Gasteiger partial charge in [-0.3, -0.25) is 15.1 Å². The van der Waals surface area contributed by atoms with Gasteiger partial charge in [0.2, 0.25) is 5.91 Å². The third-order valence-corrected chi connectivity index (χ3v) is 3.23. The second-order valence-corrected chi connectivity index (χ2v) is 5.31. The molecule has 1 aliphatic rings. The van der Waals surface area contributed by atoms with E-state index in [9.17, 15) is 4.79 Å². The predicted octanol–water partition coefficient (Wildman–Crippen LogP) is 0.503. The molecule has 1 fully saturated rings. The Morgan fingerprint density at radius 1 is 1.59 bits per heavy atom. The number of hydrogen-bond donors (Lipinski definition) is 2. The molecule has 0 bridgehead atoms. The summed E-state index contributed by atoms with van der Waals surface area (Å²) in [5.74, 6) is 5.08. The van der Waals surface area contributed by atoms with Crippen LogP contribution in [0.1, 0.15) is 33.6 Å². The number of hydrogen-bond acceptors (Lipinski definition) is 4. The zero-order chi connectivity index (χ0) is 12.9. The SMILES string of the molecule is CCOC1CCCN(CC(C)(C)C(=O)NN)C1. The number of piperidine rings is 1. The normalized spacial score (nSPS) is 22.5. The number of nitrogens with zero attached hydrogens (tertiary/aromatic N) is 1. The van der Waals surface area contributed by atoms with Crippen molar-refractivity contribution in [3.05, 3.63) is 0 Å². The summed E-state index contributed by atoms with van der Waals surface area (Å²) in [6.07, 6.45) is 2.56. The van der Waals surface area contributed by atoms with Gasteiger partial charge in [-0.05, 0) is 40.2 Å². The average Bonchev–Trinajstić information content (AvgIpc) is 2.28. The first kappa shape index (κ1) is 14.4. The van der Waals surface area contributed by atoms with Crippen LogP contribution < -0.4 is 11.3 Å². The molecule has 0 aromatic heterocycles. The molecule has 1 atom stereocenters. The van der Waals surface area contributed by atoms with Gasteiger partial charge in [-0.25, -0.2) is 5.84 Å². The van der Waals surface area contributed by atoms with Crippen LogP contribution in [0.25, 0.3) is 0 Å². The summed E-state index contributed by atoms with van der Waals surface area (Å²) in [6.45, 7) is 9.27. The van der Waals surface area contributed by atoms with Crippen LogP contribution in [0, 0.1) is 5.41 Å². The maximum absolute atomic E-state index is 11.6. The van der Waals surface area contributed by atoms with E-state index in [-0.39, 0.29) is 5.91 Å². The highest BCUT2D eigenvalue weighted by atomic mass is 16.5. The highest BCUT2D eigenvalue weighted by molar-refractivity contribution is 5.81. The van der Waals surface area contributed by atoms with Crippen molar-refractivity contribution in [2.75, 3.05) is 26.2 Å². The lowest BCUT2D eigenvalue weighted by Gasteiger charge is -2.36. The molecule has 1 aliphatic heterocycles. The molecule has 5 heteroatoms. The molecule has 1 rings (SSSR count). The van der Waals surface area contributed by atoms with E-state index in [4.69, 9.17) is 10.6 Å². The number of ether oxygens (including phenoxy) is 1. The molecule has 17 heavy (non-hydrogen) atoms. The lowest BCUT2D eigenvalue weighted by molar-refractivity contribution is -0.131. The molecule has 0 aromatic rings. The summed E-state index contributed by atoms with van der Waals surface area (Å²) in [4.78, 5) is 13.9. The van der Waals surface area contributed by atoms with Crippen LogP contribution in [-0.2, 0) is 9.53 Å². The molecule has 0 saturated carbocycles. The number of carbonyl (C=O) groups is 1. The van der Waals surface area contributed by atoms with Crippen molar-refractivity contribution in [3.8, 4) is 0 Å². The summed E-state index contributed by atoms with van der Waals surface area (Å²) in [6, 6.07) is 0. The van der Waals surface area contributed by atoms with Gasteiger partial charge in [-0.1, -0.05) is 0 Å². The zero-order valence-corrected chi connectivity index (χ0v) is 11.2. The molecule has 1 heterocycles. The molecule has 3 N–H and O–H groups in total. The highest BCUT2D eigenvalue weighted by Crippen LogP contribution is 2.21. The summed E-state index contributed by atoms with van der Waals surface area (Å²) >= 11 is 0. The summed E-state index contributed by atoms with van der Waals surface area (Å²) < 4.78 is 5.65. The van der Waals surface area contributed by atoms with E-state index in [1.54, 1.807) is 0 Å².